The third-order valence-electron chi connectivity index (χ3n) is 4.76. The molecule has 2 aromatic carbocycles. The quantitative estimate of drug-likeness (QED) is 0.851. The van der Waals surface area contributed by atoms with Gasteiger partial charge in [-0.25, -0.2) is 0 Å². The zero-order valence-electron chi connectivity index (χ0n) is 14.1. The molecule has 1 atom stereocenters. The van der Waals surface area contributed by atoms with Gasteiger partial charge < -0.3 is 10.6 Å². The van der Waals surface area contributed by atoms with E-state index in [1.165, 1.54) is 0 Å². The summed E-state index contributed by atoms with van der Waals surface area (Å²) in [6.07, 6.45) is 1.75. The largest absolute Gasteiger partial charge is 0.370 e. The van der Waals surface area contributed by atoms with Crippen molar-refractivity contribution in [2.24, 2.45) is 11.7 Å². The van der Waals surface area contributed by atoms with Crippen LogP contribution in [-0.2, 0) is 9.59 Å². The molecule has 0 aliphatic carbocycles. The van der Waals surface area contributed by atoms with Gasteiger partial charge in [-0.05, 0) is 29.7 Å². The van der Waals surface area contributed by atoms with Gasteiger partial charge in [0.1, 0.15) is 0 Å². The highest BCUT2D eigenvalue weighted by Gasteiger charge is 2.29. The minimum absolute atomic E-state index is 0.0542. The standard InChI is InChI=1S/C20H22N2O3/c21-18(23)9-10-19(24)22-11-3-6-17(13-22)20(25)16-8-7-14-4-1-2-5-15(14)12-16/h1-2,4-5,7-8,12,17H,3,6,9-11,13H2,(H2,21,23)/t17-/m1/s1. The van der Waals surface area contributed by atoms with Gasteiger partial charge in [0.25, 0.3) is 0 Å². The Morgan fingerprint density at radius 2 is 1.80 bits per heavy atom. The topological polar surface area (TPSA) is 80.5 Å². The average Bonchev–Trinajstić information content (AvgIpc) is 2.65. The molecule has 130 valence electrons. The summed E-state index contributed by atoms with van der Waals surface area (Å²) in [6.45, 7) is 1.06. The van der Waals surface area contributed by atoms with E-state index in [9.17, 15) is 14.4 Å². The van der Waals surface area contributed by atoms with Gasteiger partial charge in [0.05, 0.1) is 0 Å². The van der Waals surface area contributed by atoms with Crippen molar-refractivity contribution in [3.8, 4) is 0 Å². The van der Waals surface area contributed by atoms with Crippen LogP contribution in [0.15, 0.2) is 42.5 Å². The van der Waals surface area contributed by atoms with Crippen molar-refractivity contribution >= 4 is 28.4 Å². The Morgan fingerprint density at radius 3 is 2.56 bits per heavy atom. The summed E-state index contributed by atoms with van der Waals surface area (Å²) in [5, 5.41) is 2.14. The highest BCUT2D eigenvalue weighted by atomic mass is 16.2. The zero-order valence-corrected chi connectivity index (χ0v) is 14.1. The van der Waals surface area contributed by atoms with Crippen LogP contribution in [0.25, 0.3) is 10.8 Å². The maximum atomic E-state index is 12.9. The van der Waals surface area contributed by atoms with Crippen LogP contribution in [0.5, 0.6) is 0 Å². The zero-order chi connectivity index (χ0) is 17.8. The lowest BCUT2D eigenvalue weighted by atomic mass is 9.89. The highest BCUT2D eigenvalue weighted by Crippen LogP contribution is 2.24. The SMILES string of the molecule is NC(=O)CCC(=O)N1CCC[C@@H](C(=O)c2ccc3ccccc3c2)C1. The molecule has 1 aliphatic rings. The molecule has 0 unspecified atom stereocenters. The second-order valence-electron chi connectivity index (χ2n) is 6.57. The maximum absolute atomic E-state index is 12.9. The summed E-state index contributed by atoms with van der Waals surface area (Å²) in [6, 6.07) is 13.7. The molecule has 3 rings (SSSR count). The molecular weight excluding hydrogens is 316 g/mol. The fourth-order valence-corrected chi connectivity index (χ4v) is 3.38. The van der Waals surface area contributed by atoms with E-state index in [0.717, 1.165) is 23.6 Å². The molecular formula is C20H22N2O3. The van der Waals surface area contributed by atoms with E-state index in [1.54, 1.807) is 4.90 Å². The Labute approximate surface area is 146 Å². The number of piperidine rings is 1. The smallest absolute Gasteiger partial charge is 0.223 e. The van der Waals surface area contributed by atoms with Crippen molar-refractivity contribution in [2.45, 2.75) is 25.7 Å². The number of hydrogen-bond donors (Lipinski definition) is 1. The van der Waals surface area contributed by atoms with E-state index < -0.39 is 5.91 Å². The monoisotopic (exact) mass is 338 g/mol. The molecule has 25 heavy (non-hydrogen) atoms. The molecule has 0 saturated carbocycles. The van der Waals surface area contributed by atoms with Crippen LogP contribution in [-0.4, -0.2) is 35.6 Å². The highest BCUT2D eigenvalue weighted by molar-refractivity contribution is 6.01. The molecule has 0 radical (unpaired) electrons. The van der Waals surface area contributed by atoms with Crippen molar-refractivity contribution in [3.05, 3.63) is 48.0 Å². The molecule has 0 spiro atoms. The van der Waals surface area contributed by atoms with Gasteiger partial charge in [-0.1, -0.05) is 36.4 Å². The first kappa shape index (κ1) is 17.1. The average molecular weight is 338 g/mol. The maximum Gasteiger partial charge on any atom is 0.223 e. The molecule has 5 nitrogen and oxygen atoms in total. The van der Waals surface area contributed by atoms with Crippen molar-refractivity contribution < 1.29 is 14.4 Å². The number of rotatable bonds is 5. The number of hydrogen-bond acceptors (Lipinski definition) is 3. The number of nitrogens with zero attached hydrogens (tertiary/aromatic N) is 1. The molecule has 0 aromatic heterocycles. The van der Waals surface area contributed by atoms with Gasteiger partial charge >= 0.3 is 0 Å². The van der Waals surface area contributed by atoms with Crippen molar-refractivity contribution in [3.63, 3.8) is 0 Å². The van der Waals surface area contributed by atoms with E-state index in [0.29, 0.717) is 18.7 Å². The lowest BCUT2D eigenvalue weighted by Gasteiger charge is -2.32. The number of carbonyl (C=O) groups is 3. The minimum atomic E-state index is -0.478. The second-order valence-corrected chi connectivity index (χ2v) is 6.57. The van der Waals surface area contributed by atoms with Gasteiger partial charge in [0.15, 0.2) is 5.78 Å². The number of benzene rings is 2. The summed E-state index contributed by atoms with van der Waals surface area (Å²) < 4.78 is 0. The van der Waals surface area contributed by atoms with Gasteiger partial charge in [0, 0.05) is 37.4 Å². The summed E-state index contributed by atoms with van der Waals surface area (Å²) in [5.74, 6) is -0.686. The van der Waals surface area contributed by atoms with Crippen LogP contribution in [0.2, 0.25) is 0 Å². The first-order chi connectivity index (χ1) is 12.0. The number of amides is 2. The molecule has 1 fully saturated rings. The molecule has 1 aliphatic heterocycles. The Morgan fingerprint density at radius 1 is 1.04 bits per heavy atom. The number of likely N-dealkylation sites (tertiary alicyclic amines) is 1. The van der Waals surface area contributed by atoms with Crippen LogP contribution in [0.3, 0.4) is 0 Å². The number of ketones is 1. The van der Waals surface area contributed by atoms with Crippen LogP contribution >= 0.6 is 0 Å². The number of primary amides is 1. The van der Waals surface area contributed by atoms with E-state index in [-0.39, 0.29) is 30.4 Å². The third-order valence-corrected chi connectivity index (χ3v) is 4.76. The second kappa shape index (κ2) is 7.47. The van der Waals surface area contributed by atoms with E-state index >= 15 is 0 Å². The summed E-state index contributed by atoms with van der Waals surface area (Å²) >= 11 is 0. The third kappa shape index (κ3) is 4.05. The van der Waals surface area contributed by atoms with Gasteiger partial charge in [-0.2, -0.15) is 0 Å². The van der Waals surface area contributed by atoms with E-state index in [1.807, 2.05) is 42.5 Å². The van der Waals surface area contributed by atoms with Crippen LogP contribution in [0.4, 0.5) is 0 Å². The first-order valence-electron chi connectivity index (χ1n) is 8.63. The Balaban J connectivity index is 1.70. The minimum Gasteiger partial charge on any atom is -0.370 e. The Hall–Kier alpha value is -2.69. The van der Waals surface area contributed by atoms with E-state index in [2.05, 4.69) is 0 Å². The van der Waals surface area contributed by atoms with Crippen molar-refractivity contribution in [1.82, 2.24) is 4.90 Å². The molecule has 2 N–H and O–H groups in total. The van der Waals surface area contributed by atoms with E-state index in [4.69, 9.17) is 5.73 Å². The number of carbonyl (C=O) groups excluding carboxylic acids is 3. The fraction of sp³-hybridized carbons (Fsp3) is 0.350. The predicted molar refractivity (Wildman–Crippen MR) is 96.0 cm³/mol. The van der Waals surface area contributed by atoms with Crippen LogP contribution < -0.4 is 5.73 Å². The first-order valence-corrected chi connectivity index (χ1v) is 8.63. The fourth-order valence-electron chi connectivity index (χ4n) is 3.38. The molecule has 0 bridgehead atoms. The molecule has 2 amide bonds. The number of nitrogens with two attached hydrogens (primary N) is 1. The molecule has 5 heteroatoms. The van der Waals surface area contributed by atoms with Gasteiger partial charge in [-0.15, -0.1) is 0 Å². The predicted octanol–water partition coefficient (Wildman–Crippen LogP) is 2.53. The lowest BCUT2D eigenvalue weighted by Crippen LogP contribution is -2.42. The Bertz CT molecular complexity index is 815. The van der Waals surface area contributed by atoms with Crippen LogP contribution in [0.1, 0.15) is 36.0 Å². The number of Topliss-reactive ketones (excluding diaryl/α,β-unsaturated/α-hetero) is 1. The van der Waals surface area contributed by atoms with Gasteiger partial charge in [-0.3, -0.25) is 14.4 Å². The summed E-state index contributed by atoms with van der Waals surface area (Å²) in [5.41, 5.74) is 5.79. The Kier molecular flexibility index (Phi) is 5.12. The molecule has 2 aromatic rings. The van der Waals surface area contributed by atoms with Gasteiger partial charge in [0.2, 0.25) is 11.8 Å². The van der Waals surface area contributed by atoms with Crippen molar-refractivity contribution in [1.29, 1.82) is 0 Å². The van der Waals surface area contributed by atoms with Crippen LogP contribution in [0, 0.1) is 5.92 Å². The summed E-state index contributed by atoms with van der Waals surface area (Å²) in [4.78, 5) is 37.6. The number of fused-ring (bicyclic) bond motifs is 1. The van der Waals surface area contributed by atoms with Crippen molar-refractivity contribution in [2.75, 3.05) is 13.1 Å². The molecule has 1 heterocycles. The normalized spacial score (nSPS) is 17.4. The summed E-state index contributed by atoms with van der Waals surface area (Å²) in [7, 11) is 0. The molecule has 1 saturated heterocycles. The lowest BCUT2D eigenvalue weighted by molar-refractivity contribution is -0.134.